The van der Waals surface area contributed by atoms with Gasteiger partial charge in [0.05, 0.1) is 17.2 Å². The van der Waals surface area contributed by atoms with Crippen molar-refractivity contribution in [2.45, 2.75) is 0 Å². The van der Waals surface area contributed by atoms with E-state index in [-0.39, 0.29) is 5.56 Å². The summed E-state index contributed by atoms with van der Waals surface area (Å²) < 4.78 is 0. The minimum Gasteiger partial charge on any atom is -0.545 e. The number of carbonyl (C=O) groups is 1. The van der Waals surface area contributed by atoms with Crippen LogP contribution in [0, 0.1) is 0 Å². The molecule has 4 rings (SSSR count). The fraction of sp³-hybridized carbons (Fsp3) is 0. The van der Waals surface area contributed by atoms with Crippen LogP contribution in [-0.4, -0.2) is 11.0 Å². The summed E-state index contributed by atoms with van der Waals surface area (Å²) in [7, 11) is 0. The zero-order chi connectivity index (χ0) is 19.5. The SMILES string of the molecule is O=C([O-])c1cc(-c2ccc(/C=C/c3ccccc3)cc2)nc2ccc(Cl)cc12. The number of aromatic carboxylic acids is 1. The number of rotatable bonds is 4. The molecule has 0 spiro atoms. The number of nitrogens with zero attached hydrogens (tertiary/aromatic N) is 1. The molecule has 0 fully saturated rings. The maximum atomic E-state index is 11.6. The number of carboxylic acid groups (broad SMARTS) is 1. The molecule has 3 aromatic carbocycles. The number of hydrogen-bond donors (Lipinski definition) is 0. The van der Waals surface area contributed by atoms with Gasteiger partial charge in [0.2, 0.25) is 0 Å². The zero-order valence-electron chi connectivity index (χ0n) is 14.8. The molecule has 0 amide bonds. The number of aromatic nitrogens is 1. The van der Waals surface area contributed by atoms with Crippen LogP contribution in [-0.2, 0) is 0 Å². The zero-order valence-corrected chi connectivity index (χ0v) is 15.6. The maximum absolute atomic E-state index is 11.6. The molecule has 28 heavy (non-hydrogen) atoms. The van der Waals surface area contributed by atoms with E-state index in [0.29, 0.717) is 21.6 Å². The highest BCUT2D eigenvalue weighted by molar-refractivity contribution is 6.31. The average molecular weight is 385 g/mol. The van der Waals surface area contributed by atoms with Crippen LogP contribution < -0.4 is 5.11 Å². The first kappa shape index (κ1) is 18.0. The van der Waals surface area contributed by atoms with Crippen molar-refractivity contribution in [2.75, 3.05) is 0 Å². The van der Waals surface area contributed by atoms with Crippen LogP contribution in [0.15, 0.2) is 78.9 Å². The first-order chi connectivity index (χ1) is 13.6. The number of fused-ring (bicyclic) bond motifs is 1. The Hall–Kier alpha value is -3.43. The van der Waals surface area contributed by atoms with Crippen molar-refractivity contribution in [2.24, 2.45) is 0 Å². The van der Waals surface area contributed by atoms with Crippen LogP contribution in [0.1, 0.15) is 21.5 Å². The van der Waals surface area contributed by atoms with E-state index in [9.17, 15) is 9.90 Å². The van der Waals surface area contributed by atoms with E-state index in [1.165, 1.54) is 6.07 Å². The molecule has 4 aromatic rings. The molecule has 3 nitrogen and oxygen atoms in total. The Morgan fingerprint density at radius 2 is 1.54 bits per heavy atom. The summed E-state index contributed by atoms with van der Waals surface area (Å²) >= 11 is 6.00. The van der Waals surface area contributed by atoms with Gasteiger partial charge >= 0.3 is 0 Å². The Kier molecular flexibility index (Phi) is 4.92. The summed E-state index contributed by atoms with van der Waals surface area (Å²) in [5, 5.41) is 12.5. The molecule has 0 aliphatic rings. The van der Waals surface area contributed by atoms with Crippen LogP contribution in [0.4, 0.5) is 0 Å². The molecule has 0 N–H and O–H groups in total. The van der Waals surface area contributed by atoms with Crippen LogP contribution in [0.2, 0.25) is 5.02 Å². The number of benzene rings is 3. The lowest BCUT2D eigenvalue weighted by atomic mass is 10.0. The first-order valence-corrected chi connectivity index (χ1v) is 9.13. The fourth-order valence-corrected chi connectivity index (χ4v) is 3.21. The number of hydrogen-bond acceptors (Lipinski definition) is 3. The van der Waals surface area contributed by atoms with Crippen molar-refractivity contribution in [3.63, 3.8) is 0 Å². The minimum absolute atomic E-state index is 0.0792. The van der Waals surface area contributed by atoms with Gasteiger partial charge in [-0.3, -0.25) is 0 Å². The van der Waals surface area contributed by atoms with Gasteiger partial charge < -0.3 is 9.90 Å². The molecular formula is C24H15ClNO2-. The summed E-state index contributed by atoms with van der Waals surface area (Å²) in [6.45, 7) is 0. The van der Waals surface area contributed by atoms with Gasteiger partial charge in [-0.2, -0.15) is 0 Å². The number of carbonyl (C=O) groups excluding carboxylic acids is 1. The van der Waals surface area contributed by atoms with Crippen molar-refractivity contribution in [1.29, 1.82) is 0 Å². The summed E-state index contributed by atoms with van der Waals surface area (Å²) in [6, 6.07) is 24.4. The van der Waals surface area contributed by atoms with Crippen molar-refractivity contribution < 1.29 is 9.90 Å². The highest BCUT2D eigenvalue weighted by Crippen LogP contribution is 2.27. The molecule has 0 bridgehead atoms. The third-order valence-corrected chi connectivity index (χ3v) is 4.70. The van der Waals surface area contributed by atoms with Gasteiger partial charge in [-0.25, -0.2) is 4.98 Å². The first-order valence-electron chi connectivity index (χ1n) is 8.75. The van der Waals surface area contributed by atoms with E-state index in [4.69, 9.17) is 11.6 Å². The molecule has 4 heteroatoms. The van der Waals surface area contributed by atoms with Crippen LogP contribution in [0.25, 0.3) is 34.3 Å². The highest BCUT2D eigenvalue weighted by Gasteiger charge is 2.09. The minimum atomic E-state index is -1.25. The fourth-order valence-electron chi connectivity index (χ4n) is 3.04. The normalized spacial score (nSPS) is 11.2. The summed E-state index contributed by atoms with van der Waals surface area (Å²) in [4.78, 5) is 16.2. The lowest BCUT2D eigenvalue weighted by Crippen LogP contribution is -2.22. The van der Waals surface area contributed by atoms with Gasteiger partial charge in [-0.05, 0) is 35.4 Å². The van der Waals surface area contributed by atoms with Gasteiger partial charge in [0.15, 0.2) is 0 Å². The third-order valence-electron chi connectivity index (χ3n) is 4.46. The number of carboxylic acids is 1. The summed E-state index contributed by atoms with van der Waals surface area (Å²) in [6.07, 6.45) is 4.07. The molecule has 1 aromatic heterocycles. The Morgan fingerprint density at radius 1 is 0.857 bits per heavy atom. The van der Waals surface area contributed by atoms with Crippen molar-refractivity contribution in [3.05, 3.63) is 101 Å². The smallest absolute Gasteiger partial charge is 0.0722 e. The Morgan fingerprint density at radius 3 is 2.21 bits per heavy atom. The molecule has 0 atom stereocenters. The molecular weight excluding hydrogens is 370 g/mol. The molecule has 1 heterocycles. The molecule has 0 aliphatic carbocycles. The van der Waals surface area contributed by atoms with Crippen LogP contribution >= 0.6 is 11.6 Å². The molecule has 0 aliphatic heterocycles. The monoisotopic (exact) mass is 384 g/mol. The lowest BCUT2D eigenvalue weighted by molar-refractivity contribution is -0.254. The molecule has 136 valence electrons. The van der Waals surface area contributed by atoms with E-state index in [1.54, 1.807) is 18.2 Å². The van der Waals surface area contributed by atoms with Crippen LogP contribution in [0.5, 0.6) is 0 Å². The highest BCUT2D eigenvalue weighted by atomic mass is 35.5. The maximum Gasteiger partial charge on any atom is 0.0722 e. The van der Waals surface area contributed by atoms with E-state index in [1.807, 2.05) is 66.7 Å². The van der Waals surface area contributed by atoms with Gasteiger partial charge in [-0.1, -0.05) is 78.4 Å². The Labute approximate surface area is 167 Å². The van der Waals surface area contributed by atoms with Gasteiger partial charge in [0.25, 0.3) is 0 Å². The van der Waals surface area contributed by atoms with Gasteiger partial charge in [0, 0.05) is 21.5 Å². The summed E-state index contributed by atoms with van der Waals surface area (Å²) in [5.41, 5.74) is 4.22. The quantitative estimate of drug-likeness (QED) is 0.460. The predicted octanol–water partition coefficient (Wildman–Crippen LogP) is 5.09. The Bertz CT molecular complexity index is 1180. The van der Waals surface area contributed by atoms with Crippen molar-refractivity contribution >= 4 is 40.6 Å². The second-order valence-electron chi connectivity index (χ2n) is 6.37. The molecule has 0 saturated carbocycles. The third kappa shape index (κ3) is 3.80. The average Bonchev–Trinajstić information content (AvgIpc) is 2.72. The number of halogens is 1. The van der Waals surface area contributed by atoms with Crippen molar-refractivity contribution in [3.8, 4) is 11.3 Å². The molecule has 0 radical (unpaired) electrons. The molecule has 0 saturated heterocycles. The predicted molar refractivity (Wildman–Crippen MR) is 112 cm³/mol. The van der Waals surface area contributed by atoms with Gasteiger partial charge in [-0.15, -0.1) is 0 Å². The van der Waals surface area contributed by atoms with Crippen LogP contribution in [0.3, 0.4) is 0 Å². The molecule has 0 unspecified atom stereocenters. The van der Waals surface area contributed by atoms with Gasteiger partial charge in [0.1, 0.15) is 0 Å². The lowest BCUT2D eigenvalue weighted by Gasteiger charge is -2.11. The standard InChI is InChI=1S/C24H16ClNO2/c25-19-12-13-22-20(14-19)21(24(27)28)15-23(26-22)18-10-8-17(9-11-18)7-6-16-4-2-1-3-5-16/h1-15H,(H,27,28)/p-1/b7-6+. The largest absolute Gasteiger partial charge is 0.545 e. The van der Waals surface area contributed by atoms with E-state index < -0.39 is 5.97 Å². The second kappa shape index (κ2) is 7.67. The topological polar surface area (TPSA) is 53.0 Å². The van der Waals surface area contributed by atoms with E-state index in [2.05, 4.69) is 4.98 Å². The second-order valence-corrected chi connectivity index (χ2v) is 6.81. The van der Waals surface area contributed by atoms with E-state index in [0.717, 1.165) is 16.7 Å². The summed E-state index contributed by atoms with van der Waals surface area (Å²) in [5.74, 6) is -1.25. The van der Waals surface area contributed by atoms with Crippen molar-refractivity contribution in [1.82, 2.24) is 4.98 Å². The Balaban J connectivity index is 1.69. The van der Waals surface area contributed by atoms with E-state index >= 15 is 0 Å². The number of pyridine rings is 1.